The molecule has 2 amide bonds. The fourth-order valence-corrected chi connectivity index (χ4v) is 4.44. The number of amides is 2. The Morgan fingerprint density at radius 2 is 2.04 bits per heavy atom. The van der Waals surface area contributed by atoms with Crippen molar-refractivity contribution in [2.75, 3.05) is 11.9 Å². The second kappa shape index (κ2) is 7.84. The van der Waals surface area contributed by atoms with Crippen molar-refractivity contribution in [3.63, 3.8) is 0 Å². The molecule has 1 saturated heterocycles. The fraction of sp³-hybridized carbons (Fsp3) is 0.450. The lowest BCUT2D eigenvalue weighted by Crippen LogP contribution is -2.38. The molecule has 1 aliphatic rings. The average molecular weight is 343 g/mol. The first-order valence-corrected chi connectivity index (χ1v) is 9.72. The minimum atomic E-state index is 0.0360. The maximum Gasteiger partial charge on any atom is 0.322 e. The predicted molar refractivity (Wildman–Crippen MR) is 102 cm³/mol. The standard InChI is InChI=1S/C20H26N2OS/c1-3-16-9-6-7-10-17(16)21-20(23)22-14-8-4-5-11-18(22)19-13-12-15(2)24-19/h6-7,9-10,12-13,18H,3-5,8,11,14H2,1-2H3,(H,21,23)/t18-/m0/s1. The largest absolute Gasteiger partial charge is 0.322 e. The number of hydrogen-bond acceptors (Lipinski definition) is 2. The first kappa shape index (κ1) is 17.0. The zero-order valence-electron chi connectivity index (χ0n) is 14.5. The van der Waals surface area contributed by atoms with E-state index >= 15 is 0 Å². The second-order valence-electron chi connectivity index (χ2n) is 6.45. The van der Waals surface area contributed by atoms with E-state index in [2.05, 4.69) is 37.4 Å². The van der Waals surface area contributed by atoms with Gasteiger partial charge in [-0.2, -0.15) is 0 Å². The molecule has 1 aromatic heterocycles. The molecule has 0 spiro atoms. The van der Waals surface area contributed by atoms with E-state index in [0.717, 1.165) is 31.5 Å². The molecule has 0 bridgehead atoms. The summed E-state index contributed by atoms with van der Waals surface area (Å²) in [5.74, 6) is 0. The SMILES string of the molecule is CCc1ccccc1NC(=O)N1CCCCC[C@H]1c1ccc(C)s1. The van der Waals surface area contributed by atoms with E-state index in [1.165, 1.54) is 28.2 Å². The van der Waals surface area contributed by atoms with Gasteiger partial charge in [-0.25, -0.2) is 4.79 Å². The quantitative estimate of drug-likeness (QED) is 0.754. The number of likely N-dealkylation sites (tertiary alicyclic amines) is 1. The molecule has 1 aliphatic heterocycles. The van der Waals surface area contributed by atoms with Crippen molar-refractivity contribution < 1.29 is 4.79 Å². The lowest BCUT2D eigenvalue weighted by molar-refractivity contribution is 0.190. The molecule has 0 radical (unpaired) electrons. The van der Waals surface area contributed by atoms with Crippen molar-refractivity contribution in [3.05, 3.63) is 51.7 Å². The molecule has 0 saturated carbocycles. The van der Waals surface area contributed by atoms with Crippen LogP contribution in [0.4, 0.5) is 10.5 Å². The maximum absolute atomic E-state index is 13.0. The van der Waals surface area contributed by atoms with Crippen molar-refractivity contribution >= 4 is 23.1 Å². The highest BCUT2D eigenvalue weighted by Crippen LogP contribution is 2.34. The molecule has 0 unspecified atom stereocenters. The van der Waals surface area contributed by atoms with Gasteiger partial charge in [-0.05, 0) is 49.9 Å². The maximum atomic E-state index is 13.0. The van der Waals surface area contributed by atoms with Crippen LogP contribution in [0.3, 0.4) is 0 Å². The van der Waals surface area contributed by atoms with Gasteiger partial charge in [0.2, 0.25) is 0 Å². The van der Waals surface area contributed by atoms with Crippen LogP contribution in [-0.4, -0.2) is 17.5 Å². The first-order chi connectivity index (χ1) is 11.7. The minimum absolute atomic E-state index is 0.0360. The monoisotopic (exact) mass is 342 g/mol. The van der Waals surface area contributed by atoms with Crippen LogP contribution in [-0.2, 0) is 6.42 Å². The number of urea groups is 1. The number of rotatable bonds is 3. The Hall–Kier alpha value is -1.81. The molecule has 1 N–H and O–H groups in total. The van der Waals surface area contributed by atoms with Crippen LogP contribution in [0, 0.1) is 6.92 Å². The molecular formula is C20H26N2OS. The van der Waals surface area contributed by atoms with Gasteiger partial charge in [-0.3, -0.25) is 0 Å². The smallest absolute Gasteiger partial charge is 0.317 e. The Morgan fingerprint density at radius 1 is 1.21 bits per heavy atom. The minimum Gasteiger partial charge on any atom is -0.317 e. The van der Waals surface area contributed by atoms with E-state index < -0.39 is 0 Å². The number of hydrogen-bond donors (Lipinski definition) is 1. The molecule has 1 atom stereocenters. The molecule has 24 heavy (non-hydrogen) atoms. The summed E-state index contributed by atoms with van der Waals surface area (Å²) in [6.07, 6.45) is 5.46. The molecule has 3 nitrogen and oxygen atoms in total. The molecule has 1 fully saturated rings. The van der Waals surface area contributed by atoms with Crippen LogP contribution in [0.15, 0.2) is 36.4 Å². The number of para-hydroxylation sites is 1. The zero-order valence-corrected chi connectivity index (χ0v) is 15.4. The van der Waals surface area contributed by atoms with Gasteiger partial charge >= 0.3 is 6.03 Å². The van der Waals surface area contributed by atoms with Crippen LogP contribution in [0.1, 0.15) is 54.0 Å². The van der Waals surface area contributed by atoms with E-state index in [9.17, 15) is 4.79 Å². The molecule has 1 aromatic carbocycles. The Kier molecular flexibility index (Phi) is 5.56. The third-order valence-corrected chi connectivity index (χ3v) is 5.85. The van der Waals surface area contributed by atoms with Crippen molar-refractivity contribution in [1.29, 1.82) is 0 Å². The number of carbonyl (C=O) groups is 1. The topological polar surface area (TPSA) is 32.3 Å². The van der Waals surface area contributed by atoms with E-state index in [4.69, 9.17) is 0 Å². The fourth-order valence-electron chi connectivity index (χ4n) is 3.42. The lowest BCUT2D eigenvalue weighted by atomic mass is 10.1. The van der Waals surface area contributed by atoms with Gasteiger partial charge in [0.1, 0.15) is 0 Å². The predicted octanol–water partition coefficient (Wildman–Crippen LogP) is 5.77. The number of thiophene rings is 1. The van der Waals surface area contributed by atoms with E-state index in [1.807, 2.05) is 34.4 Å². The summed E-state index contributed by atoms with van der Waals surface area (Å²) in [4.78, 5) is 17.7. The Morgan fingerprint density at radius 3 is 2.79 bits per heavy atom. The molecule has 2 heterocycles. The first-order valence-electron chi connectivity index (χ1n) is 8.91. The number of nitrogens with one attached hydrogen (secondary N) is 1. The Labute approximate surface area is 148 Å². The number of carbonyl (C=O) groups excluding carboxylic acids is 1. The van der Waals surface area contributed by atoms with E-state index in [0.29, 0.717) is 0 Å². The Bertz CT molecular complexity index is 694. The highest BCUT2D eigenvalue weighted by Gasteiger charge is 2.28. The molecule has 0 aliphatic carbocycles. The van der Waals surface area contributed by atoms with Gasteiger partial charge in [0.05, 0.1) is 6.04 Å². The van der Waals surface area contributed by atoms with Gasteiger partial charge in [-0.15, -0.1) is 11.3 Å². The second-order valence-corrected chi connectivity index (χ2v) is 7.77. The van der Waals surface area contributed by atoms with Crippen molar-refractivity contribution in [2.45, 2.75) is 52.0 Å². The van der Waals surface area contributed by atoms with E-state index in [-0.39, 0.29) is 12.1 Å². The average Bonchev–Trinajstić information content (AvgIpc) is 2.87. The van der Waals surface area contributed by atoms with Crippen LogP contribution in [0.2, 0.25) is 0 Å². The molecule has 4 heteroatoms. The summed E-state index contributed by atoms with van der Waals surface area (Å²) in [5.41, 5.74) is 2.12. The summed E-state index contributed by atoms with van der Waals surface area (Å²) in [5, 5.41) is 3.16. The molecule has 128 valence electrons. The lowest BCUT2D eigenvalue weighted by Gasteiger charge is -2.30. The Balaban J connectivity index is 1.82. The summed E-state index contributed by atoms with van der Waals surface area (Å²) in [7, 11) is 0. The highest BCUT2D eigenvalue weighted by atomic mass is 32.1. The van der Waals surface area contributed by atoms with Crippen molar-refractivity contribution in [3.8, 4) is 0 Å². The van der Waals surface area contributed by atoms with Crippen LogP contribution < -0.4 is 5.32 Å². The van der Waals surface area contributed by atoms with Crippen LogP contribution in [0.5, 0.6) is 0 Å². The van der Waals surface area contributed by atoms with Gasteiger partial charge in [0.25, 0.3) is 0 Å². The summed E-state index contributed by atoms with van der Waals surface area (Å²) in [6, 6.07) is 12.7. The number of nitrogens with zero attached hydrogens (tertiary/aromatic N) is 1. The molecule has 3 rings (SSSR count). The summed E-state index contributed by atoms with van der Waals surface area (Å²) in [6.45, 7) is 5.09. The van der Waals surface area contributed by atoms with Gasteiger partial charge in [0.15, 0.2) is 0 Å². The summed E-state index contributed by atoms with van der Waals surface area (Å²) >= 11 is 1.82. The number of anilines is 1. The van der Waals surface area contributed by atoms with E-state index in [1.54, 1.807) is 0 Å². The highest BCUT2D eigenvalue weighted by molar-refractivity contribution is 7.12. The van der Waals surface area contributed by atoms with Crippen LogP contribution >= 0.6 is 11.3 Å². The zero-order chi connectivity index (χ0) is 16.9. The van der Waals surface area contributed by atoms with Crippen LogP contribution in [0.25, 0.3) is 0 Å². The normalized spacial score (nSPS) is 18.2. The third kappa shape index (κ3) is 3.81. The summed E-state index contributed by atoms with van der Waals surface area (Å²) < 4.78 is 0. The van der Waals surface area contributed by atoms with Gasteiger partial charge in [0, 0.05) is 22.0 Å². The number of aryl methyl sites for hydroxylation is 2. The third-order valence-electron chi connectivity index (χ3n) is 4.74. The van der Waals surface area contributed by atoms with Crippen molar-refractivity contribution in [2.24, 2.45) is 0 Å². The van der Waals surface area contributed by atoms with Gasteiger partial charge < -0.3 is 10.2 Å². The number of benzene rings is 1. The van der Waals surface area contributed by atoms with Gasteiger partial charge in [-0.1, -0.05) is 38.0 Å². The molecular weight excluding hydrogens is 316 g/mol. The van der Waals surface area contributed by atoms with Crippen molar-refractivity contribution in [1.82, 2.24) is 4.90 Å². The molecule has 2 aromatic rings.